The number of aliphatic hydroxyl groups excluding tert-OH is 1. The first kappa shape index (κ1) is 9.92. The Balaban J connectivity index is 2.11. The number of piperidine rings is 1. The summed E-state index contributed by atoms with van der Waals surface area (Å²) in [6.07, 6.45) is 3.16. The van der Waals surface area contributed by atoms with E-state index in [1.807, 2.05) is 0 Å². The van der Waals surface area contributed by atoms with Crippen molar-refractivity contribution in [3.8, 4) is 0 Å². The topological polar surface area (TPSA) is 52.9 Å². The molecule has 1 fully saturated rings. The van der Waals surface area contributed by atoms with Crippen LogP contribution in [0.3, 0.4) is 0 Å². The van der Waals surface area contributed by atoms with Crippen LogP contribution in [0.4, 0.5) is 0 Å². The van der Waals surface area contributed by atoms with Gasteiger partial charge in [-0.15, -0.1) is 0 Å². The summed E-state index contributed by atoms with van der Waals surface area (Å²) in [5.74, 6) is 0. The highest BCUT2D eigenvalue weighted by molar-refractivity contribution is 4.68. The van der Waals surface area contributed by atoms with Gasteiger partial charge in [0, 0.05) is 6.54 Å². The zero-order chi connectivity index (χ0) is 8.81. The van der Waals surface area contributed by atoms with Gasteiger partial charge in [-0.2, -0.15) is 0 Å². The summed E-state index contributed by atoms with van der Waals surface area (Å²) >= 11 is 0. The van der Waals surface area contributed by atoms with E-state index in [1.165, 1.54) is 19.3 Å². The smallest absolute Gasteiger partial charge is 0.109 e. The fraction of sp³-hybridized carbons (Fsp3) is 1.00. The second-order valence-electron chi connectivity index (χ2n) is 3.31. The fourth-order valence-electron chi connectivity index (χ4n) is 1.58. The Hall–Kier alpha value is -0.160. The summed E-state index contributed by atoms with van der Waals surface area (Å²) in [5.41, 5.74) is 0. The number of hydrogen-bond acceptors (Lipinski definition) is 4. The number of hydrogen-bond donors (Lipinski definition) is 2. The van der Waals surface area contributed by atoms with Crippen molar-refractivity contribution in [3.63, 3.8) is 0 Å². The Morgan fingerprint density at radius 1 is 1.25 bits per heavy atom. The molecule has 72 valence electrons. The first-order valence-electron chi connectivity index (χ1n) is 4.49. The van der Waals surface area contributed by atoms with Gasteiger partial charge in [0.05, 0.1) is 6.10 Å². The van der Waals surface area contributed by atoms with Gasteiger partial charge in [-0.1, -0.05) is 6.42 Å². The number of nitrogens with zero attached hydrogens (tertiary/aromatic N) is 1. The van der Waals surface area contributed by atoms with Gasteiger partial charge in [0.2, 0.25) is 0 Å². The van der Waals surface area contributed by atoms with Crippen LogP contribution in [0.25, 0.3) is 0 Å². The second-order valence-corrected chi connectivity index (χ2v) is 3.31. The lowest BCUT2D eigenvalue weighted by Crippen LogP contribution is -2.38. The van der Waals surface area contributed by atoms with E-state index in [4.69, 9.17) is 5.26 Å². The summed E-state index contributed by atoms with van der Waals surface area (Å²) in [4.78, 5) is 6.07. The Morgan fingerprint density at radius 3 is 2.50 bits per heavy atom. The lowest BCUT2D eigenvalue weighted by molar-refractivity contribution is -0.257. The van der Waals surface area contributed by atoms with Crippen molar-refractivity contribution in [1.29, 1.82) is 0 Å². The van der Waals surface area contributed by atoms with E-state index in [1.54, 1.807) is 0 Å². The SMILES string of the molecule is OOCC(O)CN1CCCCC1. The maximum absolute atomic E-state index is 9.27. The molecule has 1 unspecified atom stereocenters. The third kappa shape index (κ3) is 3.49. The number of likely N-dealkylation sites (tertiary alicyclic amines) is 1. The van der Waals surface area contributed by atoms with Gasteiger partial charge < -0.3 is 10.0 Å². The van der Waals surface area contributed by atoms with Crippen LogP contribution in [0.2, 0.25) is 0 Å². The van der Waals surface area contributed by atoms with Crippen molar-refractivity contribution >= 4 is 0 Å². The molecule has 4 heteroatoms. The average molecular weight is 175 g/mol. The Bertz CT molecular complexity index is 115. The number of β-amino-alcohol motifs (C(OH)–C–C–N with tert-alkyl or cyclic N) is 1. The normalized spacial score (nSPS) is 22.5. The molecule has 0 amide bonds. The van der Waals surface area contributed by atoms with Crippen LogP contribution < -0.4 is 0 Å². The first-order chi connectivity index (χ1) is 5.83. The predicted molar refractivity (Wildman–Crippen MR) is 44.9 cm³/mol. The standard InChI is InChI=1S/C8H17NO3/c10-8(7-12-11)6-9-4-2-1-3-5-9/h8,10-11H,1-7H2. The van der Waals surface area contributed by atoms with Gasteiger partial charge >= 0.3 is 0 Å². The van der Waals surface area contributed by atoms with Crippen molar-refractivity contribution in [3.05, 3.63) is 0 Å². The Morgan fingerprint density at radius 2 is 1.92 bits per heavy atom. The zero-order valence-corrected chi connectivity index (χ0v) is 7.28. The molecule has 0 saturated carbocycles. The molecule has 1 heterocycles. The van der Waals surface area contributed by atoms with Crippen molar-refractivity contribution in [2.75, 3.05) is 26.2 Å². The number of aliphatic hydroxyl groups is 1. The fourth-order valence-corrected chi connectivity index (χ4v) is 1.58. The highest BCUT2D eigenvalue weighted by atomic mass is 17.1. The zero-order valence-electron chi connectivity index (χ0n) is 7.28. The molecule has 1 aliphatic rings. The molecular formula is C8H17NO3. The minimum absolute atomic E-state index is 0.0104. The molecule has 0 aliphatic carbocycles. The summed E-state index contributed by atoms with van der Waals surface area (Å²) in [6, 6.07) is 0. The summed E-state index contributed by atoms with van der Waals surface area (Å²) in [6.45, 7) is 2.74. The van der Waals surface area contributed by atoms with E-state index in [9.17, 15) is 5.11 Å². The van der Waals surface area contributed by atoms with Crippen LogP contribution in [0.5, 0.6) is 0 Å². The molecule has 1 rings (SSSR count). The molecule has 0 aromatic heterocycles. The molecule has 2 N–H and O–H groups in total. The monoisotopic (exact) mass is 175 g/mol. The first-order valence-corrected chi connectivity index (χ1v) is 4.49. The largest absolute Gasteiger partial charge is 0.389 e. The Kier molecular flexibility index (Phi) is 4.53. The average Bonchev–Trinajstić information content (AvgIpc) is 2.06. The van der Waals surface area contributed by atoms with Crippen LogP contribution in [0.1, 0.15) is 19.3 Å². The molecule has 4 nitrogen and oxygen atoms in total. The van der Waals surface area contributed by atoms with E-state index in [2.05, 4.69) is 9.79 Å². The van der Waals surface area contributed by atoms with E-state index in [0.717, 1.165) is 13.1 Å². The van der Waals surface area contributed by atoms with Crippen LogP contribution >= 0.6 is 0 Å². The van der Waals surface area contributed by atoms with Crippen LogP contribution in [0.15, 0.2) is 0 Å². The van der Waals surface area contributed by atoms with Crippen LogP contribution in [0, 0.1) is 0 Å². The maximum atomic E-state index is 9.27. The van der Waals surface area contributed by atoms with Gasteiger partial charge in [0.1, 0.15) is 6.61 Å². The minimum Gasteiger partial charge on any atom is -0.389 e. The molecule has 0 aromatic carbocycles. The quantitative estimate of drug-likeness (QED) is 0.477. The van der Waals surface area contributed by atoms with Gasteiger partial charge in [0.25, 0.3) is 0 Å². The molecule has 1 aliphatic heterocycles. The molecule has 1 saturated heterocycles. The third-order valence-electron chi connectivity index (χ3n) is 2.18. The lowest BCUT2D eigenvalue weighted by Gasteiger charge is -2.27. The highest BCUT2D eigenvalue weighted by Crippen LogP contribution is 2.08. The molecular weight excluding hydrogens is 158 g/mol. The molecule has 12 heavy (non-hydrogen) atoms. The summed E-state index contributed by atoms with van der Waals surface area (Å²) in [7, 11) is 0. The molecule has 0 bridgehead atoms. The summed E-state index contributed by atoms with van der Waals surface area (Å²) < 4.78 is 0. The van der Waals surface area contributed by atoms with Gasteiger partial charge in [-0.25, -0.2) is 4.89 Å². The van der Waals surface area contributed by atoms with Gasteiger partial charge in [0.15, 0.2) is 0 Å². The van der Waals surface area contributed by atoms with E-state index >= 15 is 0 Å². The molecule has 0 radical (unpaired) electrons. The predicted octanol–water partition coefficient (Wildman–Crippen LogP) is 0.323. The molecule has 1 atom stereocenters. The van der Waals surface area contributed by atoms with Crippen molar-refractivity contribution in [2.45, 2.75) is 25.4 Å². The molecule has 0 spiro atoms. The van der Waals surface area contributed by atoms with E-state index in [-0.39, 0.29) is 6.61 Å². The van der Waals surface area contributed by atoms with Crippen molar-refractivity contribution in [1.82, 2.24) is 4.90 Å². The van der Waals surface area contributed by atoms with Crippen molar-refractivity contribution < 1.29 is 15.3 Å². The lowest BCUT2D eigenvalue weighted by atomic mass is 10.1. The van der Waals surface area contributed by atoms with E-state index in [0.29, 0.717) is 6.54 Å². The maximum Gasteiger partial charge on any atom is 0.109 e. The molecule has 0 aromatic rings. The van der Waals surface area contributed by atoms with Crippen LogP contribution in [-0.4, -0.2) is 47.6 Å². The minimum atomic E-state index is -0.562. The Labute approximate surface area is 72.7 Å². The number of rotatable bonds is 4. The van der Waals surface area contributed by atoms with Gasteiger partial charge in [-0.3, -0.25) is 5.26 Å². The van der Waals surface area contributed by atoms with Crippen molar-refractivity contribution in [2.24, 2.45) is 0 Å². The third-order valence-corrected chi connectivity index (χ3v) is 2.18. The van der Waals surface area contributed by atoms with Gasteiger partial charge in [-0.05, 0) is 25.9 Å². The van der Waals surface area contributed by atoms with E-state index < -0.39 is 6.10 Å². The second kappa shape index (κ2) is 5.48. The highest BCUT2D eigenvalue weighted by Gasteiger charge is 2.14. The summed E-state index contributed by atoms with van der Waals surface area (Å²) in [5, 5.41) is 17.4. The van der Waals surface area contributed by atoms with Crippen LogP contribution in [-0.2, 0) is 4.89 Å².